The maximum absolute atomic E-state index is 9.11. The summed E-state index contributed by atoms with van der Waals surface area (Å²) in [5.74, 6) is 1.20. The Hall–Kier alpha value is -3.28. The molecule has 26 heavy (non-hydrogen) atoms. The van der Waals surface area contributed by atoms with Crippen molar-refractivity contribution < 1.29 is 9.84 Å². The molecule has 2 rings (SSSR count). The average Bonchev–Trinajstić information content (AvgIpc) is 2.65. The van der Waals surface area contributed by atoms with Crippen LogP contribution in [0.2, 0.25) is 0 Å². The third-order valence-corrected chi connectivity index (χ3v) is 3.90. The normalized spacial score (nSPS) is 13.3. The second-order valence-electron chi connectivity index (χ2n) is 5.69. The fourth-order valence-electron chi connectivity index (χ4n) is 2.60. The van der Waals surface area contributed by atoms with Crippen molar-refractivity contribution >= 4 is 11.8 Å². The molecule has 1 aromatic rings. The summed E-state index contributed by atoms with van der Waals surface area (Å²) in [6, 6.07) is 11.8. The number of aliphatic hydroxyl groups is 1. The first-order valence-corrected chi connectivity index (χ1v) is 8.37. The molecule has 5 heteroatoms. The van der Waals surface area contributed by atoms with Gasteiger partial charge in [-0.15, -0.1) is 0 Å². The maximum Gasteiger partial charge on any atom is 0.137 e. The van der Waals surface area contributed by atoms with Crippen LogP contribution in [0.15, 0.2) is 65.2 Å². The summed E-state index contributed by atoms with van der Waals surface area (Å²) in [7, 11) is 0. The van der Waals surface area contributed by atoms with Crippen LogP contribution in [0.1, 0.15) is 19.4 Å². The smallest absolute Gasteiger partial charge is 0.137 e. The lowest BCUT2D eigenvalue weighted by molar-refractivity contribution is 0.302. The van der Waals surface area contributed by atoms with Crippen molar-refractivity contribution in [3.8, 4) is 12.1 Å². The van der Waals surface area contributed by atoms with Crippen molar-refractivity contribution in [1.82, 2.24) is 0 Å². The highest BCUT2D eigenvalue weighted by Gasteiger charge is 2.10. The van der Waals surface area contributed by atoms with E-state index in [4.69, 9.17) is 20.4 Å². The van der Waals surface area contributed by atoms with Gasteiger partial charge in [0.05, 0.1) is 6.61 Å². The van der Waals surface area contributed by atoms with Gasteiger partial charge < -0.3 is 14.7 Å². The second-order valence-corrected chi connectivity index (χ2v) is 5.69. The first-order chi connectivity index (χ1) is 12.6. The van der Waals surface area contributed by atoms with E-state index >= 15 is 0 Å². The predicted octanol–water partition coefficient (Wildman–Crippen LogP) is 3.68. The van der Waals surface area contributed by atoms with Gasteiger partial charge in [-0.2, -0.15) is 10.5 Å². The highest BCUT2D eigenvalue weighted by molar-refractivity contribution is 5.59. The third kappa shape index (κ3) is 4.86. The minimum atomic E-state index is 0.0615. The lowest BCUT2D eigenvalue weighted by Crippen LogP contribution is -2.25. The molecule has 5 nitrogen and oxygen atoms in total. The second kappa shape index (κ2) is 9.27. The number of nitriles is 2. The summed E-state index contributed by atoms with van der Waals surface area (Å²) in [4.78, 5) is 2.09. The van der Waals surface area contributed by atoms with Gasteiger partial charge in [-0.05, 0) is 49.8 Å². The van der Waals surface area contributed by atoms with Crippen molar-refractivity contribution in [2.45, 2.75) is 13.8 Å². The standard InChI is InChI=1S/C21H21N3O2/c1-3-24(10-11-25)20-7-4-17(5-8-20)6-9-21-13-18(12-16(2)26-21)19(14-22)15-23/h4-9,12-13,25H,3,10-11H2,1-2H3/b9-6+. The molecule has 0 atom stereocenters. The Morgan fingerprint density at radius 1 is 1.15 bits per heavy atom. The Balaban J connectivity index is 2.18. The summed E-state index contributed by atoms with van der Waals surface area (Å²) in [5, 5.41) is 27.1. The van der Waals surface area contributed by atoms with Gasteiger partial charge in [0.25, 0.3) is 0 Å². The van der Waals surface area contributed by atoms with E-state index in [-0.39, 0.29) is 12.2 Å². The van der Waals surface area contributed by atoms with Gasteiger partial charge in [0, 0.05) is 24.4 Å². The minimum absolute atomic E-state index is 0.0615. The van der Waals surface area contributed by atoms with Crippen LogP contribution >= 0.6 is 0 Å². The van der Waals surface area contributed by atoms with Gasteiger partial charge in [0.2, 0.25) is 0 Å². The molecule has 0 aliphatic carbocycles. The zero-order valence-electron chi connectivity index (χ0n) is 14.9. The molecule has 0 saturated heterocycles. The zero-order chi connectivity index (χ0) is 18.9. The van der Waals surface area contributed by atoms with Crippen LogP contribution in [0, 0.1) is 22.7 Å². The van der Waals surface area contributed by atoms with Gasteiger partial charge >= 0.3 is 0 Å². The van der Waals surface area contributed by atoms with Crippen LogP contribution < -0.4 is 4.90 Å². The number of likely N-dealkylation sites (N-methyl/N-ethyl adjacent to an activating group) is 1. The number of hydrogen-bond donors (Lipinski definition) is 1. The lowest BCUT2D eigenvalue weighted by atomic mass is 10.1. The van der Waals surface area contributed by atoms with Crippen molar-refractivity contribution in [2.75, 3.05) is 24.6 Å². The van der Waals surface area contributed by atoms with Crippen molar-refractivity contribution in [3.05, 3.63) is 70.7 Å². The van der Waals surface area contributed by atoms with E-state index < -0.39 is 0 Å². The molecule has 0 aromatic heterocycles. The van der Waals surface area contributed by atoms with E-state index in [0.717, 1.165) is 17.8 Å². The predicted molar refractivity (Wildman–Crippen MR) is 102 cm³/mol. The summed E-state index contributed by atoms with van der Waals surface area (Å²) >= 11 is 0. The summed E-state index contributed by atoms with van der Waals surface area (Å²) < 4.78 is 5.64. The van der Waals surface area contributed by atoms with Crippen LogP contribution in [0.5, 0.6) is 0 Å². The van der Waals surface area contributed by atoms with Crippen LogP contribution in [-0.2, 0) is 4.74 Å². The summed E-state index contributed by atoms with van der Waals surface area (Å²) in [5.41, 5.74) is 2.67. The molecule has 1 aliphatic rings. The van der Waals surface area contributed by atoms with Crippen LogP contribution in [0.4, 0.5) is 5.69 Å². The van der Waals surface area contributed by atoms with Crippen LogP contribution in [0.3, 0.4) is 0 Å². The van der Waals surface area contributed by atoms with Crippen LogP contribution in [-0.4, -0.2) is 24.8 Å². The Morgan fingerprint density at radius 2 is 1.85 bits per heavy atom. The van der Waals surface area contributed by atoms with E-state index in [1.54, 1.807) is 19.1 Å². The van der Waals surface area contributed by atoms with E-state index in [9.17, 15) is 0 Å². The van der Waals surface area contributed by atoms with E-state index in [1.165, 1.54) is 0 Å². The summed E-state index contributed by atoms with van der Waals surface area (Å²) in [6.07, 6.45) is 7.07. The molecule has 1 aromatic carbocycles. The quantitative estimate of drug-likeness (QED) is 0.794. The van der Waals surface area contributed by atoms with E-state index in [0.29, 0.717) is 23.6 Å². The number of nitrogens with zero attached hydrogens (tertiary/aromatic N) is 3. The van der Waals surface area contributed by atoms with E-state index in [1.807, 2.05) is 55.5 Å². The molecule has 0 radical (unpaired) electrons. The van der Waals surface area contributed by atoms with Gasteiger partial charge in [0.15, 0.2) is 0 Å². The fourth-order valence-corrected chi connectivity index (χ4v) is 2.60. The van der Waals surface area contributed by atoms with E-state index in [2.05, 4.69) is 4.90 Å². The molecule has 0 fully saturated rings. The molecular formula is C21H21N3O2. The lowest BCUT2D eigenvalue weighted by Gasteiger charge is -2.21. The van der Waals surface area contributed by atoms with Gasteiger partial charge in [-0.25, -0.2) is 0 Å². The van der Waals surface area contributed by atoms with Gasteiger partial charge in [0.1, 0.15) is 29.2 Å². The summed E-state index contributed by atoms with van der Waals surface area (Å²) in [6.45, 7) is 5.39. The van der Waals surface area contributed by atoms with Crippen molar-refractivity contribution in [1.29, 1.82) is 10.5 Å². The first-order valence-electron chi connectivity index (χ1n) is 8.37. The first kappa shape index (κ1) is 19.1. The molecule has 0 saturated carbocycles. The molecule has 1 heterocycles. The average molecular weight is 347 g/mol. The number of rotatable bonds is 6. The molecule has 0 spiro atoms. The topological polar surface area (TPSA) is 80.3 Å². The molecular weight excluding hydrogens is 326 g/mol. The molecule has 1 aliphatic heterocycles. The fraction of sp³-hybridized carbons (Fsp3) is 0.238. The van der Waals surface area contributed by atoms with Crippen molar-refractivity contribution in [3.63, 3.8) is 0 Å². The minimum Gasteiger partial charge on any atom is -0.462 e. The highest BCUT2D eigenvalue weighted by atomic mass is 16.5. The van der Waals surface area contributed by atoms with Crippen molar-refractivity contribution in [2.24, 2.45) is 0 Å². The maximum atomic E-state index is 9.11. The number of ether oxygens (including phenoxy) is 1. The Labute approximate surface area is 154 Å². The van der Waals surface area contributed by atoms with Gasteiger partial charge in [-0.3, -0.25) is 0 Å². The SMILES string of the molecule is CCN(CCO)c1ccc(/C=C/C2=CC(=C(C#N)C#N)C=C(C)O2)cc1. The van der Waals surface area contributed by atoms with Crippen LogP contribution in [0.25, 0.3) is 6.08 Å². The molecule has 1 N–H and O–H groups in total. The number of hydrogen-bond acceptors (Lipinski definition) is 5. The number of allylic oxidation sites excluding steroid dienone is 6. The number of benzene rings is 1. The largest absolute Gasteiger partial charge is 0.462 e. The molecule has 132 valence electrons. The Bertz CT molecular complexity index is 831. The zero-order valence-corrected chi connectivity index (χ0v) is 14.9. The number of anilines is 1. The van der Waals surface area contributed by atoms with Gasteiger partial charge in [-0.1, -0.05) is 18.2 Å². The Morgan fingerprint density at radius 3 is 2.42 bits per heavy atom. The monoisotopic (exact) mass is 347 g/mol. The molecule has 0 unspecified atom stereocenters. The Kier molecular flexibility index (Phi) is 6.79. The number of aliphatic hydroxyl groups excluding tert-OH is 1. The third-order valence-electron chi connectivity index (χ3n) is 3.90. The molecule has 0 amide bonds. The molecule has 0 bridgehead atoms. The highest BCUT2D eigenvalue weighted by Crippen LogP contribution is 2.23.